The fourth-order valence-electron chi connectivity index (χ4n) is 2.77. The third kappa shape index (κ3) is 3.74. The maximum atomic E-state index is 13.6. The van der Waals surface area contributed by atoms with Gasteiger partial charge in [0.15, 0.2) is 0 Å². The van der Waals surface area contributed by atoms with E-state index >= 15 is 0 Å². The van der Waals surface area contributed by atoms with E-state index in [0.29, 0.717) is 18.7 Å². The van der Waals surface area contributed by atoms with Crippen LogP contribution in [-0.4, -0.2) is 35.5 Å². The summed E-state index contributed by atoms with van der Waals surface area (Å²) in [5.74, 6) is -1.90. The maximum absolute atomic E-state index is 13.6. The monoisotopic (exact) mass is 299 g/mol. The third-order valence-corrected chi connectivity index (χ3v) is 3.91. The quantitative estimate of drug-likeness (QED) is 0.647. The number of nitro groups is 1. The second-order valence-corrected chi connectivity index (χ2v) is 5.21. The van der Waals surface area contributed by atoms with Crippen molar-refractivity contribution in [3.63, 3.8) is 0 Å². The minimum absolute atomic E-state index is 0.115. The zero-order chi connectivity index (χ0) is 15.4. The van der Waals surface area contributed by atoms with Gasteiger partial charge in [0.05, 0.1) is 4.92 Å². The Hall–Kier alpha value is -1.60. The van der Waals surface area contributed by atoms with E-state index in [2.05, 4.69) is 17.1 Å². The number of likely N-dealkylation sites (N-methyl/N-ethyl adjacent to an activating group) is 1. The lowest BCUT2D eigenvalue weighted by Gasteiger charge is -2.23. The molecule has 1 fully saturated rings. The van der Waals surface area contributed by atoms with Crippen LogP contribution < -0.4 is 5.32 Å². The van der Waals surface area contributed by atoms with Crippen molar-refractivity contribution in [2.45, 2.75) is 32.4 Å². The van der Waals surface area contributed by atoms with E-state index in [-0.39, 0.29) is 12.1 Å². The molecular weight excluding hydrogens is 280 g/mol. The lowest BCUT2D eigenvalue weighted by molar-refractivity contribution is -0.387. The summed E-state index contributed by atoms with van der Waals surface area (Å²) in [6.45, 7) is 4.99. The molecule has 1 heterocycles. The van der Waals surface area contributed by atoms with Gasteiger partial charge in [-0.05, 0) is 25.9 Å². The first-order valence-electron chi connectivity index (χ1n) is 7.10. The molecule has 1 atom stereocenters. The molecule has 0 aromatic heterocycles. The summed E-state index contributed by atoms with van der Waals surface area (Å²) in [5, 5.41) is 13.8. The number of hydrogen-bond donors (Lipinski definition) is 1. The van der Waals surface area contributed by atoms with Gasteiger partial charge in [-0.25, -0.2) is 4.39 Å². The molecule has 5 nitrogen and oxygen atoms in total. The first-order chi connectivity index (χ1) is 10.0. The smallest absolute Gasteiger partial charge is 0.305 e. The highest BCUT2D eigenvalue weighted by Crippen LogP contribution is 2.22. The fourth-order valence-corrected chi connectivity index (χ4v) is 2.77. The maximum Gasteiger partial charge on any atom is 0.305 e. The molecular formula is C14H19F2N3O2. The molecule has 21 heavy (non-hydrogen) atoms. The molecule has 0 saturated carbocycles. The normalized spacial score (nSPS) is 19.1. The molecule has 1 unspecified atom stereocenters. The molecule has 0 aliphatic carbocycles. The van der Waals surface area contributed by atoms with Crippen molar-refractivity contribution >= 4 is 5.69 Å². The van der Waals surface area contributed by atoms with Gasteiger partial charge in [-0.1, -0.05) is 6.92 Å². The number of halogens is 2. The van der Waals surface area contributed by atoms with Crippen molar-refractivity contribution in [2.75, 3.05) is 19.6 Å². The standard InChI is InChI=1S/C14H19F2N3O2/c1-2-18-5-3-4-11(18)9-17-8-10-6-14(19(20)21)13(16)7-12(10)15/h6-7,11,17H,2-5,8-9H2,1H3. The van der Waals surface area contributed by atoms with Crippen molar-refractivity contribution in [3.05, 3.63) is 39.4 Å². The Kier molecular flexibility index (Phi) is 5.19. The molecule has 1 saturated heterocycles. The summed E-state index contributed by atoms with van der Waals surface area (Å²) in [7, 11) is 0. The van der Waals surface area contributed by atoms with Gasteiger partial charge in [-0.15, -0.1) is 0 Å². The number of nitro benzene ring substituents is 1. The van der Waals surface area contributed by atoms with Gasteiger partial charge in [0.2, 0.25) is 5.82 Å². The van der Waals surface area contributed by atoms with Crippen LogP contribution in [0.5, 0.6) is 0 Å². The number of benzene rings is 1. The molecule has 7 heteroatoms. The van der Waals surface area contributed by atoms with E-state index in [4.69, 9.17) is 0 Å². The minimum Gasteiger partial charge on any atom is -0.311 e. The van der Waals surface area contributed by atoms with Gasteiger partial charge in [0, 0.05) is 36.8 Å². The largest absolute Gasteiger partial charge is 0.311 e. The van der Waals surface area contributed by atoms with E-state index in [0.717, 1.165) is 32.0 Å². The first kappa shape index (κ1) is 15.8. The number of likely N-dealkylation sites (tertiary alicyclic amines) is 1. The van der Waals surface area contributed by atoms with Crippen LogP contribution >= 0.6 is 0 Å². The van der Waals surface area contributed by atoms with Gasteiger partial charge in [-0.3, -0.25) is 15.0 Å². The van der Waals surface area contributed by atoms with Crippen molar-refractivity contribution < 1.29 is 13.7 Å². The van der Waals surface area contributed by atoms with Crippen molar-refractivity contribution in [1.29, 1.82) is 0 Å². The molecule has 0 amide bonds. The summed E-state index contributed by atoms with van der Waals surface area (Å²) in [6.07, 6.45) is 2.24. The minimum atomic E-state index is -1.14. The highest BCUT2D eigenvalue weighted by atomic mass is 19.1. The third-order valence-electron chi connectivity index (χ3n) is 3.91. The van der Waals surface area contributed by atoms with E-state index in [9.17, 15) is 18.9 Å². The fraction of sp³-hybridized carbons (Fsp3) is 0.571. The molecule has 0 spiro atoms. The Morgan fingerprint density at radius 2 is 2.19 bits per heavy atom. The summed E-state index contributed by atoms with van der Waals surface area (Å²) in [4.78, 5) is 12.2. The Balaban J connectivity index is 1.97. The Morgan fingerprint density at radius 1 is 1.43 bits per heavy atom. The predicted molar refractivity (Wildman–Crippen MR) is 75.0 cm³/mol. The van der Waals surface area contributed by atoms with Crippen LogP contribution in [0.2, 0.25) is 0 Å². The van der Waals surface area contributed by atoms with Crippen LogP contribution in [0.4, 0.5) is 14.5 Å². The van der Waals surface area contributed by atoms with Crippen LogP contribution in [0.3, 0.4) is 0 Å². The molecule has 2 rings (SSSR count). The molecule has 116 valence electrons. The van der Waals surface area contributed by atoms with Crippen LogP contribution in [0.15, 0.2) is 12.1 Å². The van der Waals surface area contributed by atoms with Gasteiger partial charge in [-0.2, -0.15) is 4.39 Å². The Bertz CT molecular complexity index is 525. The molecule has 1 aromatic rings. The topological polar surface area (TPSA) is 58.4 Å². The van der Waals surface area contributed by atoms with Gasteiger partial charge < -0.3 is 5.32 Å². The molecule has 1 aliphatic heterocycles. The van der Waals surface area contributed by atoms with Crippen molar-refractivity contribution in [2.24, 2.45) is 0 Å². The Morgan fingerprint density at radius 3 is 2.86 bits per heavy atom. The number of nitrogens with one attached hydrogen (secondary N) is 1. The molecule has 1 N–H and O–H groups in total. The average molecular weight is 299 g/mol. The molecule has 1 aromatic carbocycles. The summed E-state index contributed by atoms with van der Waals surface area (Å²) in [5.41, 5.74) is -0.576. The average Bonchev–Trinajstić information content (AvgIpc) is 2.88. The lowest BCUT2D eigenvalue weighted by Crippen LogP contribution is -2.37. The highest BCUT2D eigenvalue weighted by molar-refractivity contribution is 5.37. The number of rotatable bonds is 6. The summed E-state index contributed by atoms with van der Waals surface area (Å²) in [6, 6.07) is 1.95. The molecule has 1 aliphatic rings. The summed E-state index contributed by atoms with van der Waals surface area (Å²) >= 11 is 0. The number of nitrogens with zero attached hydrogens (tertiary/aromatic N) is 2. The lowest BCUT2D eigenvalue weighted by atomic mass is 10.1. The zero-order valence-corrected chi connectivity index (χ0v) is 11.9. The van der Waals surface area contributed by atoms with Gasteiger partial charge >= 0.3 is 5.69 Å². The predicted octanol–water partition coefficient (Wildman–Crippen LogP) is 2.45. The summed E-state index contributed by atoms with van der Waals surface area (Å²) < 4.78 is 26.9. The van der Waals surface area contributed by atoms with Crippen LogP contribution in [0.25, 0.3) is 0 Å². The first-order valence-corrected chi connectivity index (χ1v) is 7.10. The molecule has 0 radical (unpaired) electrons. The molecule has 0 bridgehead atoms. The van der Waals surface area contributed by atoms with E-state index < -0.39 is 22.2 Å². The van der Waals surface area contributed by atoms with E-state index in [1.807, 2.05) is 0 Å². The Labute approximate surface area is 122 Å². The SMILES string of the molecule is CCN1CCCC1CNCc1cc([N+](=O)[O-])c(F)cc1F. The van der Waals surface area contributed by atoms with Crippen LogP contribution in [-0.2, 0) is 6.54 Å². The van der Waals surface area contributed by atoms with Crippen LogP contribution in [0.1, 0.15) is 25.3 Å². The second-order valence-electron chi connectivity index (χ2n) is 5.21. The van der Waals surface area contributed by atoms with Crippen molar-refractivity contribution in [3.8, 4) is 0 Å². The number of hydrogen-bond acceptors (Lipinski definition) is 4. The van der Waals surface area contributed by atoms with Gasteiger partial charge in [0.1, 0.15) is 5.82 Å². The van der Waals surface area contributed by atoms with Gasteiger partial charge in [0.25, 0.3) is 0 Å². The van der Waals surface area contributed by atoms with E-state index in [1.165, 1.54) is 0 Å². The van der Waals surface area contributed by atoms with Crippen LogP contribution in [0, 0.1) is 21.7 Å². The second kappa shape index (κ2) is 6.91. The zero-order valence-electron chi connectivity index (χ0n) is 11.9. The highest BCUT2D eigenvalue weighted by Gasteiger charge is 2.23. The van der Waals surface area contributed by atoms with E-state index in [1.54, 1.807) is 0 Å². The van der Waals surface area contributed by atoms with Crippen molar-refractivity contribution in [1.82, 2.24) is 10.2 Å².